The van der Waals surface area contributed by atoms with Crippen LogP contribution in [0.2, 0.25) is 0 Å². The van der Waals surface area contributed by atoms with Crippen molar-refractivity contribution in [3.63, 3.8) is 0 Å². The number of carbonyl (C=O) groups is 1. The number of nitrogens with zero attached hydrogens (tertiary/aromatic N) is 3. The van der Waals surface area contributed by atoms with E-state index in [4.69, 9.17) is 5.73 Å². The van der Waals surface area contributed by atoms with E-state index in [0.29, 0.717) is 25.6 Å². The van der Waals surface area contributed by atoms with Crippen molar-refractivity contribution in [1.82, 2.24) is 14.5 Å². The molecule has 2 aliphatic rings. The van der Waals surface area contributed by atoms with Gasteiger partial charge in [-0.3, -0.25) is 4.79 Å². The van der Waals surface area contributed by atoms with Gasteiger partial charge in [-0.15, -0.1) is 0 Å². The lowest BCUT2D eigenvalue weighted by Gasteiger charge is -2.41. The molecule has 2 fully saturated rings. The molecule has 0 aromatic carbocycles. The van der Waals surface area contributed by atoms with Crippen molar-refractivity contribution < 1.29 is 4.79 Å². The standard InChI is InChI=1S/C15H24N4O/c1-18-8-7-17-13(18)10-19(12-3-4-12)14(20)9-15(11-16)5-2-6-15/h7-8,12H,2-6,9-11,16H2,1H3. The summed E-state index contributed by atoms with van der Waals surface area (Å²) in [5.41, 5.74) is 5.97. The Balaban J connectivity index is 1.67. The predicted molar refractivity (Wildman–Crippen MR) is 76.7 cm³/mol. The Morgan fingerprint density at radius 1 is 1.55 bits per heavy atom. The topological polar surface area (TPSA) is 64.2 Å². The minimum absolute atomic E-state index is 0.0891. The van der Waals surface area contributed by atoms with Gasteiger partial charge in [0.1, 0.15) is 5.82 Å². The van der Waals surface area contributed by atoms with E-state index in [-0.39, 0.29) is 11.3 Å². The number of imidazole rings is 1. The number of rotatable bonds is 6. The van der Waals surface area contributed by atoms with Crippen LogP contribution < -0.4 is 5.73 Å². The summed E-state index contributed by atoms with van der Waals surface area (Å²) in [6, 6.07) is 0.425. The van der Waals surface area contributed by atoms with Gasteiger partial charge in [-0.1, -0.05) is 6.42 Å². The van der Waals surface area contributed by atoms with Crippen molar-refractivity contribution >= 4 is 5.91 Å². The SMILES string of the molecule is Cn1ccnc1CN(C(=O)CC1(CN)CCC1)C1CC1. The van der Waals surface area contributed by atoms with Gasteiger partial charge in [-0.05, 0) is 37.6 Å². The summed E-state index contributed by atoms with van der Waals surface area (Å²) < 4.78 is 1.99. The number of aryl methyl sites for hydroxylation is 1. The fourth-order valence-corrected chi connectivity index (χ4v) is 3.06. The van der Waals surface area contributed by atoms with Crippen LogP contribution in [0.4, 0.5) is 0 Å². The molecule has 0 unspecified atom stereocenters. The molecule has 20 heavy (non-hydrogen) atoms. The number of hydrogen-bond donors (Lipinski definition) is 1. The van der Waals surface area contributed by atoms with E-state index in [2.05, 4.69) is 4.98 Å². The molecule has 2 saturated carbocycles. The van der Waals surface area contributed by atoms with Gasteiger partial charge in [0, 0.05) is 31.9 Å². The Morgan fingerprint density at radius 3 is 2.75 bits per heavy atom. The second-order valence-corrected chi connectivity index (χ2v) is 6.44. The van der Waals surface area contributed by atoms with E-state index in [9.17, 15) is 4.79 Å². The maximum atomic E-state index is 12.7. The van der Waals surface area contributed by atoms with E-state index in [0.717, 1.165) is 31.5 Å². The van der Waals surface area contributed by atoms with Gasteiger partial charge in [0.2, 0.25) is 5.91 Å². The van der Waals surface area contributed by atoms with E-state index < -0.39 is 0 Å². The third-order valence-electron chi connectivity index (χ3n) is 4.91. The first-order chi connectivity index (χ1) is 9.63. The Morgan fingerprint density at radius 2 is 2.30 bits per heavy atom. The highest BCUT2D eigenvalue weighted by molar-refractivity contribution is 5.77. The lowest BCUT2D eigenvalue weighted by Crippen LogP contribution is -2.44. The van der Waals surface area contributed by atoms with Crippen LogP contribution in [0.1, 0.15) is 44.3 Å². The molecule has 0 aliphatic heterocycles. The molecule has 0 saturated heterocycles. The largest absolute Gasteiger partial charge is 0.337 e. The molecule has 5 heteroatoms. The fraction of sp³-hybridized carbons (Fsp3) is 0.733. The highest BCUT2D eigenvalue weighted by Crippen LogP contribution is 2.44. The molecule has 3 rings (SSSR count). The Labute approximate surface area is 120 Å². The van der Waals surface area contributed by atoms with Crippen LogP contribution in [-0.2, 0) is 18.4 Å². The maximum absolute atomic E-state index is 12.7. The van der Waals surface area contributed by atoms with Gasteiger partial charge in [-0.25, -0.2) is 4.98 Å². The second-order valence-electron chi connectivity index (χ2n) is 6.44. The van der Waals surface area contributed by atoms with Gasteiger partial charge < -0.3 is 15.2 Å². The number of aromatic nitrogens is 2. The fourth-order valence-electron chi connectivity index (χ4n) is 3.06. The predicted octanol–water partition coefficient (Wildman–Crippen LogP) is 1.43. The summed E-state index contributed by atoms with van der Waals surface area (Å²) in [6.45, 7) is 1.27. The van der Waals surface area contributed by atoms with Gasteiger partial charge in [0.25, 0.3) is 0 Å². The monoisotopic (exact) mass is 276 g/mol. The molecule has 0 bridgehead atoms. The lowest BCUT2D eigenvalue weighted by atomic mass is 9.66. The molecular weight excluding hydrogens is 252 g/mol. The van der Waals surface area contributed by atoms with Crippen LogP contribution in [0.25, 0.3) is 0 Å². The number of carbonyl (C=O) groups excluding carboxylic acids is 1. The van der Waals surface area contributed by atoms with Crippen LogP contribution in [0.3, 0.4) is 0 Å². The van der Waals surface area contributed by atoms with Crippen molar-refractivity contribution in [2.45, 2.75) is 51.1 Å². The van der Waals surface area contributed by atoms with Crippen molar-refractivity contribution in [3.05, 3.63) is 18.2 Å². The van der Waals surface area contributed by atoms with Crippen LogP contribution >= 0.6 is 0 Å². The molecule has 2 aliphatic carbocycles. The van der Waals surface area contributed by atoms with Gasteiger partial charge in [0.05, 0.1) is 6.54 Å². The smallest absolute Gasteiger partial charge is 0.223 e. The summed E-state index contributed by atoms with van der Waals surface area (Å²) in [6.07, 6.45) is 10.0. The molecular formula is C15H24N4O. The van der Waals surface area contributed by atoms with Gasteiger partial charge in [-0.2, -0.15) is 0 Å². The minimum Gasteiger partial charge on any atom is -0.337 e. The second kappa shape index (κ2) is 5.20. The zero-order chi connectivity index (χ0) is 14.2. The Bertz CT molecular complexity index is 482. The molecule has 110 valence electrons. The van der Waals surface area contributed by atoms with Crippen molar-refractivity contribution in [2.24, 2.45) is 18.2 Å². The Hall–Kier alpha value is -1.36. The van der Waals surface area contributed by atoms with Crippen molar-refractivity contribution in [1.29, 1.82) is 0 Å². The summed E-state index contributed by atoms with van der Waals surface area (Å²) in [4.78, 5) is 19.0. The number of nitrogens with two attached hydrogens (primary N) is 1. The van der Waals surface area contributed by atoms with Crippen molar-refractivity contribution in [3.8, 4) is 0 Å². The van der Waals surface area contributed by atoms with Crippen LogP contribution in [0.5, 0.6) is 0 Å². The molecule has 0 spiro atoms. The minimum atomic E-state index is 0.0891. The summed E-state index contributed by atoms with van der Waals surface area (Å²) in [7, 11) is 1.98. The third-order valence-corrected chi connectivity index (χ3v) is 4.91. The third kappa shape index (κ3) is 2.59. The van der Waals surface area contributed by atoms with E-state index in [1.807, 2.05) is 22.7 Å². The first kappa shape index (κ1) is 13.6. The normalized spacial score (nSPS) is 20.5. The maximum Gasteiger partial charge on any atom is 0.223 e. The van der Waals surface area contributed by atoms with Gasteiger partial charge >= 0.3 is 0 Å². The summed E-state index contributed by atoms with van der Waals surface area (Å²) in [5.74, 6) is 1.22. The summed E-state index contributed by atoms with van der Waals surface area (Å²) >= 11 is 0. The van der Waals surface area contributed by atoms with E-state index >= 15 is 0 Å². The zero-order valence-electron chi connectivity index (χ0n) is 12.2. The molecule has 1 aromatic heterocycles. The molecule has 0 atom stereocenters. The van der Waals surface area contributed by atoms with Gasteiger partial charge in [0.15, 0.2) is 0 Å². The molecule has 1 amide bonds. The molecule has 5 nitrogen and oxygen atoms in total. The van der Waals surface area contributed by atoms with E-state index in [1.54, 1.807) is 6.20 Å². The number of amides is 1. The van der Waals surface area contributed by atoms with Crippen LogP contribution in [0.15, 0.2) is 12.4 Å². The van der Waals surface area contributed by atoms with Crippen molar-refractivity contribution in [2.75, 3.05) is 6.54 Å². The summed E-state index contributed by atoms with van der Waals surface area (Å²) in [5, 5.41) is 0. The number of hydrogen-bond acceptors (Lipinski definition) is 3. The molecule has 2 N–H and O–H groups in total. The Kier molecular flexibility index (Phi) is 3.54. The average molecular weight is 276 g/mol. The van der Waals surface area contributed by atoms with Crippen LogP contribution in [0, 0.1) is 5.41 Å². The quantitative estimate of drug-likeness (QED) is 0.855. The zero-order valence-corrected chi connectivity index (χ0v) is 12.2. The lowest BCUT2D eigenvalue weighted by molar-refractivity contribution is -0.136. The molecule has 0 radical (unpaired) electrons. The highest BCUT2D eigenvalue weighted by Gasteiger charge is 2.41. The average Bonchev–Trinajstić information content (AvgIpc) is 3.15. The first-order valence-electron chi connectivity index (χ1n) is 7.59. The molecule has 1 heterocycles. The highest BCUT2D eigenvalue weighted by atomic mass is 16.2. The first-order valence-corrected chi connectivity index (χ1v) is 7.59. The van der Waals surface area contributed by atoms with E-state index in [1.165, 1.54) is 6.42 Å². The molecule has 1 aromatic rings. The van der Waals surface area contributed by atoms with Crippen LogP contribution in [-0.4, -0.2) is 32.9 Å².